The van der Waals surface area contributed by atoms with Crippen LogP contribution in [0.4, 0.5) is 13.2 Å². The number of rotatable bonds is 5. The fourth-order valence-corrected chi connectivity index (χ4v) is 6.35. The molecule has 2 aromatic rings. The molecule has 2 aromatic carbocycles. The van der Waals surface area contributed by atoms with Crippen molar-refractivity contribution in [3.05, 3.63) is 64.7 Å². The first-order valence-corrected chi connectivity index (χ1v) is 11.6. The Bertz CT molecular complexity index is 1080. The minimum absolute atomic E-state index is 0.0150. The number of sulfonamides is 1. The van der Waals surface area contributed by atoms with Gasteiger partial charge in [-0.05, 0) is 35.9 Å². The molecule has 1 aliphatic heterocycles. The van der Waals surface area contributed by atoms with E-state index in [2.05, 4.69) is 0 Å². The van der Waals surface area contributed by atoms with Crippen molar-refractivity contribution in [1.29, 1.82) is 0 Å². The van der Waals surface area contributed by atoms with Crippen LogP contribution in [0, 0.1) is 0 Å². The van der Waals surface area contributed by atoms with E-state index in [-0.39, 0.29) is 23.5 Å². The summed E-state index contributed by atoms with van der Waals surface area (Å²) >= 11 is 5.74. The Morgan fingerprint density at radius 2 is 1.61 bits per heavy atom. The molecule has 0 aliphatic carbocycles. The SMILES string of the molecule is O=S(=O)(c1ccc(Cl)cc1)C1CN(S(=O)(=O)Cc2cccc(C(F)(F)F)c2)C1. The topological polar surface area (TPSA) is 71.5 Å². The van der Waals surface area contributed by atoms with E-state index >= 15 is 0 Å². The number of nitrogens with zero attached hydrogens (tertiary/aromatic N) is 1. The molecule has 0 bridgehead atoms. The minimum Gasteiger partial charge on any atom is -0.223 e. The molecular weight excluding hydrogens is 439 g/mol. The van der Waals surface area contributed by atoms with Gasteiger partial charge in [-0.15, -0.1) is 0 Å². The second-order valence-electron chi connectivity index (χ2n) is 6.39. The molecule has 28 heavy (non-hydrogen) atoms. The number of benzene rings is 2. The van der Waals surface area contributed by atoms with Crippen LogP contribution in [0.1, 0.15) is 11.1 Å². The first-order valence-electron chi connectivity index (χ1n) is 8.03. The van der Waals surface area contributed by atoms with Gasteiger partial charge in [0.15, 0.2) is 9.84 Å². The van der Waals surface area contributed by atoms with Crippen LogP contribution < -0.4 is 0 Å². The summed E-state index contributed by atoms with van der Waals surface area (Å²) in [5.74, 6) is -0.634. The molecule has 5 nitrogen and oxygen atoms in total. The van der Waals surface area contributed by atoms with Crippen LogP contribution in [0.15, 0.2) is 53.4 Å². The number of halogens is 4. The summed E-state index contributed by atoms with van der Waals surface area (Å²) in [6.07, 6.45) is -4.58. The zero-order chi connectivity index (χ0) is 20.7. The molecule has 0 atom stereocenters. The fraction of sp³-hybridized carbons (Fsp3) is 0.294. The Morgan fingerprint density at radius 1 is 1.00 bits per heavy atom. The molecule has 1 saturated heterocycles. The maximum atomic E-state index is 12.8. The molecule has 1 aliphatic rings. The summed E-state index contributed by atoms with van der Waals surface area (Å²) in [4.78, 5) is 0.0387. The average molecular weight is 454 g/mol. The maximum absolute atomic E-state index is 12.8. The standard InChI is InChI=1S/C17H15ClF3NO4S2/c18-14-4-6-15(7-5-14)28(25,26)16-9-22(10-16)27(23,24)11-12-2-1-3-13(8-12)17(19,20)21/h1-8,16H,9-11H2. The van der Waals surface area contributed by atoms with Gasteiger partial charge in [0.25, 0.3) is 0 Å². The summed E-state index contributed by atoms with van der Waals surface area (Å²) < 4.78 is 89.2. The van der Waals surface area contributed by atoms with Crippen molar-refractivity contribution in [2.24, 2.45) is 0 Å². The number of hydrogen-bond donors (Lipinski definition) is 0. The molecule has 11 heteroatoms. The van der Waals surface area contributed by atoms with Gasteiger partial charge in [-0.25, -0.2) is 16.8 Å². The van der Waals surface area contributed by atoms with Gasteiger partial charge in [0.1, 0.15) is 0 Å². The summed E-state index contributed by atoms with van der Waals surface area (Å²) in [6, 6.07) is 9.60. The first-order chi connectivity index (χ1) is 12.9. The van der Waals surface area contributed by atoms with E-state index in [1.54, 1.807) is 0 Å². The zero-order valence-corrected chi connectivity index (χ0v) is 16.6. The fourth-order valence-electron chi connectivity index (χ4n) is 2.78. The minimum atomic E-state index is -4.58. The molecule has 0 spiro atoms. The highest BCUT2D eigenvalue weighted by atomic mass is 35.5. The predicted octanol–water partition coefficient (Wildman–Crippen LogP) is 3.35. The van der Waals surface area contributed by atoms with Crippen molar-refractivity contribution in [2.45, 2.75) is 22.1 Å². The van der Waals surface area contributed by atoms with Gasteiger partial charge in [0, 0.05) is 18.1 Å². The van der Waals surface area contributed by atoms with E-state index in [0.717, 1.165) is 22.5 Å². The van der Waals surface area contributed by atoms with Gasteiger partial charge in [-0.3, -0.25) is 0 Å². The van der Waals surface area contributed by atoms with E-state index in [9.17, 15) is 30.0 Å². The quantitative estimate of drug-likeness (QED) is 0.696. The predicted molar refractivity (Wildman–Crippen MR) is 98.1 cm³/mol. The summed E-state index contributed by atoms with van der Waals surface area (Å²) in [6.45, 7) is -0.488. The smallest absolute Gasteiger partial charge is 0.223 e. The summed E-state index contributed by atoms with van der Waals surface area (Å²) in [7, 11) is -7.67. The molecule has 152 valence electrons. The third kappa shape index (κ3) is 4.35. The Hall–Kier alpha value is -1.62. The van der Waals surface area contributed by atoms with Crippen molar-refractivity contribution >= 4 is 31.5 Å². The van der Waals surface area contributed by atoms with E-state index in [0.29, 0.717) is 5.02 Å². The van der Waals surface area contributed by atoms with Gasteiger partial charge in [0.05, 0.1) is 21.5 Å². The molecule has 0 saturated carbocycles. The first kappa shape index (κ1) is 21.1. The highest BCUT2D eigenvalue weighted by molar-refractivity contribution is 7.92. The van der Waals surface area contributed by atoms with Crippen LogP contribution in [0.3, 0.4) is 0 Å². The highest BCUT2D eigenvalue weighted by Gasteiger charge is 2.43. The summed E-state index contributed by atoms with van der Waals surface area (Å²) in [5, 5.41) is -0.539. The lowest BCUT2D eigenvalue weighted by molar-refractivity contribution is -0.137. The van der Waals surface area contributed by atoms with Crippen molar-refractivity contribution in [1.82, 2.24) is 4.31 Å². The van der Waals surface area contributed by atoms with Crippen LogP contribution in [-0.4, -0.2) is 39.5 Å². The van der Waals surface area contributed by atoms with Crippen molar-refractivity contribution in [3.8, 4) is 0 Å². The van der Waals surface area contributed by atoms with Crippen LogP contribution in [0.2, 0.25) is 5.02 Å². The molecule has 0 aromatic heterocycles. The van der Waals surface area contributed by atoms with Gasteiger partial charge >= 0.3 is 6.18 Å². The maximum Gasteiger partial charge on any atom is 0.416 e. The Labute approximate surface area is 165 Å². The lowest BCUT2D eigenvalue weighted by atomic mass is 10.1. The van der Waals surface area contributed by atoms with Gasteiger partial charge in [-0.1, -0.05) is 29.8 Å². The van der Waals surface area contributed by atoms with E-state index < -0.39 is 42.6 Å². The molecule has 1 fully saturated rings. The second kappa shape index (κ2) is 7.33. The molecule has 0 unspecified atom stereocenters. The number of alkyl halides is 3. The monoisotopic (exact) mass is 453 g/mol. The zero-order valence-electron chi connectivity index (χ0n) is 14.2. The second-order valence-corrected chi connectivity index (χ2v) is 11.0. The van der Waals surface area contributed by atoms with Gasteiger partial charge in [-0.2, -0.15) is 17.5 Å². The van der Waals surface area contributed by atoms with E-state index in [1.807, 2.05) is 0 Å². The van der Waals surface area contributed by atoms with Crippen molar-refractivity contribution < 1.29 is 30.0 Å². The Kier molecular flexibility index (Phi) is 5.52. The number of hydrogen-bond acceptors (Lipinski definition) is 4. The van der Waals surface area contributed by atoms with Crippen molar-refractivity contribution in [2.75, 3.05) is 13.1 Å². The average Bonchev–Trinajstić information content (AvgIpc) is 2.52. The molecule has 1 heterocycles. The van der Waals surface area contributed by atoms with Crippen LogP contribution in [0.5, 0.6) is 0 Å². The third-order valence-corrected chi connectivity index (χ3v) is 8.53. The third-order valence-electron chi connectivity index (χ3n) is 4.39. The van der Waals surface area contributed by atoms with Crippen LogP contribution in [-0.2, 0) is 31.8 Å². The van der Waals surface area contributed by atoms with Crippen LogP contribution >= 0.6 is 11.6 Å². The Morgan fingerprint density at radius 3 is 2.18 bits per heavy atom. The van der Waals surface area contributed by atoms with E-state index in [4.69, 9.17) is 11.6 Å². The molecule has 0 N–H and O–H groups in total. The lowest BCUT2D eigenvalue weighted by Gasteiger charge is -2.37. The lowest BCUT2D eigenvalue weighted by Crippen LogP contribution is -2.56. The largest absolute Gasteiger partial charge is 0.416 e. The normalized spacial score (nSPS) is 16.7. The summed E-state index contributed by atoms with van der Waals surface area (Å²) in [5.41, 5.74) is -0.953. The molecule has 0 radical (unpaired) electrons. The van der Waals surface area contributed by atoms with Crippen molar-refractivity contribution in [3.63, 3.8) is 0 Å². The molecular formula is C17H15ClF3NO4S2. The number of sulfone groups is 1. The van der Waals surface area contributed by atoms with Gasteiger partial charge in [0.2, 0.25) is 10.0 Å². The van der Waals surface area contributed by atoms with Crippen LogP contribution in [0.25, 0.3) is 0 Å². The molecule has 0 amide bonds. The van der Waals surface area contributed by atoms with Gasteiger partial charge < -0.3 is 0 Å². The molecule has 3 rings (SSSR count). The Balaban J connectivity index is 1.70. The highest BCUT2D eigenvalue weighted by Crippen LogP contribution is 2.31. The van der Waals surface area contributed by atoms with E-state index in [1.165, 1.54) is 30.3 Å².